The van der Waals surface area contributed by atoms with Crippen LogP contribution in [-0.4, -0.2) is 26.2 Å². The Hall–Kier alpha value is -0.340. The summed E-state index contributed by atoms with van der Waals surface area (Å²) in [4.78, 5) is 0. The van der Waals surface area contributed by atoms with E-state index in [1.165, 1.54) is 19.4 Å². The van der Waals surface area contributed by atoms with Gasteiger partial charge in [-0.05, 0) is 18.3 Å². The van der Waals surface area contributed by atoms with Crippen LogP contribution >= 0.6 is 0 Å². The van der Waals surface area contributed by atoms with Crippen LogP contribution in [0.2, 0.25) is 0 Å². The van der Waals surface area contributed by atoms with Gasteiger partial charge in [-0.3, -0.25) is 0 Å². The smallest absolute Gasteiger partial charge is 0.0132 e. The van der Waals surface area contributed by atoms with Gasteiger partial charge in [-0.1, -0.05) is 13.0 Å². The Kier molecular flexibility index (Phi) is 3.76. The summed E-state index contributed by atoms with van der Waals surface area (Å²) in [6.07, 6.45) is 4.70. The minimum atomic E-state index is 0.637. The third-order valence-electron chi connectivity index (χ3n) is 2.42. The zero-order valence-electron chi connectivity index (χ0n) is 8.03. The van der Waals surface area contributed by atoms with Gasteiger partial charge in [0.15, 0.2) is 0 Å². The van der Waals surface area contributed by atoms with Crippen molar-refractivity contribution in [1.82, 2.24) is 10.6 Å². The maximum atomic E-state index is 3.64. The Morgan fingerprint density at radius 1 is 1.33 bits per heavy atom. The van der Waals surface area contributed by atoms with Crippen LogP contribution in [0.4, 0.5) is 0 Å². The molecule has 2 nitrogen and oxygen atoms in total. The summed E-state index contributed by atoms with van der Waals surface area (Å²) in [7, 11) is 0. The van der Waals surface area contributed by atoms with Crippen LogP contribution in [0.1, 0.15) is 19.8 Å². The standard InChI is InChI=1S/C10H20N2/c1-3-6-11-7-8-12-9-10(2)4-5-10/h3,11-12H,1,4-9H2,2H3. The monoisotopic (exact) mass is 168 g/mol. The van der Waals surface area contributed by atoms with Crippen molar-refractivity contribution in [2.75, 3.05) is 26.2 Å². The molecular formula is C10H20N2. The molecule has 0 aromatic rings. The lowest BCUT2D eigenvalue weighted by Gasteiger charge is -2.09. The van der Waals surface area contributed by atoms with E-state index in [0.29, 0.717) is 5.41 Å². The van der Waals surface area contributed by atoms with Crippen molar-refractivity contribution < 1.29 is 0 Å². The predicted molar refractivity (Wildman–Crippen MR) is 53.3 cm³/mol. The van der Waals surface area contributed by atoms with Crippen LogP contribution in [-0.2, 0) is 0 Å². The van der Waals surface area contributed by atoms with Crippen molar-refractivity contribution in [1.29, 1.82) is 0 Å². The number of hydrogen-bond donors (Lipinski definition) is 2. The lowest BCUT2D eigenvalue weighted by Crippen LogP contribution is -2.30. The first-order valence-electron chi connectivity index (χ1n) is 4.79. The summed E-state index contributed by atoms with van der Waals surface area (Å²) in [5.41, 5.74) is 0.637. The molecule has 0 saturated heterocycles. The molecule has 1 rings (SSSR count). The van der Waals surface area contributed by atoms with E-state index in [4.69, 9.17) is 0 Å². The molecule has 0 aliphatic heterocycles. The Labute approximate surface area is 75.4 Å². The molecule has 0 heterocycles. The van der Waals surface area contributed by atoms with E-state index in [2.05, 4.69) is 24.1 Å². The SMILES string of the molecule is C=CCNCCNCC1(C)CC1. The van der Waals surface area contributed by atoms with E-state index in [1.54, 1.807) is 0 Å². The number of rotatable bonds is 7. The average Bonchev–Trinajstić information content (AvgIpc) is 2.77. The summed E-state index contributed by atoms with van der Waals surface area (Å²) in [6.45, 7) is 10.2. The third kappa shape index (κ3) is 3.88. The lowest BCUT2D eigenvalue weighted by atomic mass is 10.1. The van der Waals surface area contributed by atoms with Gasteiger partial charge in [0.2, 0.25) is 0 Å². The molecule has 0 bridgehead atoms. The summed E-state index contributed by atoms with van der Waals surface area (Å²) in [5.74, 6) is 0. The average molecular weight is 168 g/mol. The fourth-order valence-electron chi connectivity index (χ4n) is 1.16. The maximum Gasteiger partial charge on any atom is 0.0132 e. The molecule has 2 N–H and O–H groups in total. The fourth-order valence-corrected chi connectivity index (χ4v) is 1.16. The van der Waals surface area contributed by atoms with Crippen molar-refractivity contribution in [3.8, 4) is 0 Å². The van der Waals surface area contributed by atoms with E-state index in [1.807, 2.05) is 6.08 Å². The molecule has 0 radical (unpaired) electrons. The van der Waals surface area contributed by atoms with Crippen molar-refractivity contribution in [3.05, 3.63) is 12.7 Å². The molecule has 0 unspecified atom stereocenters. The molecule has 0 aromatic carbocycles. The zero-order chi connectivity index (χ0) is 8.86. The van der Waals surface area contributed by atoms with Crippen LogP contribution in [0.5, 0.6) is 0 Å². The molecule has 12 heavy (non-hydrogen) atoms. The Morgan fingerprint density at radius 2 is 2.00 bits per heavy atom. The fraction of sp³-hybridized carbons (Fsp3) is 0.800. The third-order valence-corrected chi connectivity index (χ3v) is 2.42. The lowest BCUT2D eigenvalue weighted by molar-refractivity contribution is 0.495. The maximum absolute atomic E-state index is 3.64. The summed E-state index contributed by atoms with van der Waals surface area (Å²) in [6, 6.07) is 0. The van der Waals surface area contributed by atoms with Gasteiger partial charge in [-0.2, -0.15) is 0 Å². The van der Waals surface area contributed by atoms with Crippen LogP contribution in [0.15, 0.2) is 12.7 Å². The highest BCUT2D eigenvalue weighted by molar-refractivity contribution is 4.90. The molecule has 0 amide bonds. The number of nitrogens with one attached hydrogen (secondary N) is 2. The second-order valence-electron chi connectivity index (χ2n) is 3.98. The Balaban J connectivity index is 1.80. The highest BCUT2D eigenvalue weighted by Crippen LogP contribution is 2.43. The van der Waals surface area contributed by atoms with Crippen LogP contribution in [0.25, 0.3) is 0 Å². The molecule has 0 spiro atoms. The molecule has 1 aliphatic rings. The van der Waals surface area contributed by atoms with E-state index < -0.39 is 0 Å². The van der Waals surface area contributed by atoms with Gasteiger partial charge in [-0.25, -0.2) is 0 Å². The minimum Gasteiger partial charge on any atom is -0.315 e. The van der Waals surface area contributed by atoms with Crippen molar-refractivity contribution in [2.24, 2.45) is 5.41 Å². The summed E-state index contributed by atoms with van der Waals surface area (Å²) < 4.78 is 0. The van der Waals surface area contributed by atoms with Crippen molar-refractivity contribution in [3.63, 3.8) is 0 Å². The topological polar surface area (TPSA) is 24.1 Å². The number of hydrogen-bond acceptors (Lipinski definition) is 2. The summed E-state index contributed by atoms with van der Waals surface area (Å²) in [5, 5.41) is 6.71. The highest BCUT2D eigenvalue weighted by Gasteiger charge is 2.36. The first-order valence-corrected chi connectivity index (χ1v) is 4.79. The van der Waals surface area contributed by atoms with Crippen LogP contribution in [0, 0.1) is 5.41 Å². The van der Waals surface area contributed by atoms with Gasteiger partial charge < -0.3 is 10.6 Å². The molecule has 1 aliphatic carbocycles. The highest BCUT2D eigenvalue weighted by atomic mass is 14.9. The van der Waals surface area contributed by atoms with Crippen molar-refractivity contribution in [2.45, 2.75) is 19.8 Å². The van der Waals surface area contributed by atoms with Gasteiger partial charge in [0.05, 0.1) is 0 Å². The van der Waals surface area contributed by atoms with E-state index in [-0.39, 0.29) is 0 Å². The largest absolute Gasteiger partial charge is 0.315 e. The molecule has 1 fully saturated rings. The van der Waals surface area contributed by atoms with E-state index >= 15 is 0 Å². The first-order chi connectivity index (χ1) is 5.77. The van der Waals surface area contributed by atoms with E-state index in [0.717, 1.165) is 19.6 Å². The Morgan fingerprint density at radius 3 is 2.58 bits per heavy atom. The van der Waals surface area contributed by atoms with Gasteiger partial charge in [0, 0.05) is 26.2 Å². The molecule has 2 heteroatoms. The predicted octanol–water partition coefficient (Wildman–Crippen LogP) is 1.15. The quantitative estimate of drug-likeness (QED) is 0.440. The molecule has 1 saturated carbocycles. The molecule has 0 aromatic heterocycles. The zero-order valence-corrected chi connectivity index (χ0v) is 8.03. The van der Waals surface area contributed by atoms with Gasteiger partial charge in [0.1, 0.15) is 0 Å². The van der Waals surface area contributed by atoms with Gasteiger partial charge >= 0.3 is 0 Å². The Bertz CT molecular complexity index is 139. The molecule has 70 valence electrons. The summed E-state index contributed by atoms with van der Waals surface area (Å²) >= 11 is 0. The second-order valence-corrected chi connectivity index (χ2v) is 3.98. The molecular weight excluding hydrogens is 148 g/mol. The molecule has 0 atom stereocenters. The van der Waals surface area contributed by atoms with Gasteiger partial charge in [0.25, 0.3) is 0 Å². The van der Waals surface area contributed by atoms with Gasteiger partial charge in [-0.15, -0.1) is 6.58 Å². The first kappa shape index (κ1) is 9.75. The second kappa shape index (κ2) is 4.63. The van der Waals surface area contributed by atoms with Crippen LogP contribution in [0.3, 0.4) is 0 Å². The normalized spacial score (nSPS) is 19.1. The van der Waals surface area contributed by atoms with Crippen LogP contribution < -0.4 is 10.6 Å². The van der Waals surface area contributed by atoms with E-state index in [9.17, 15) is 0 Å². The van der Waals surface area contributed by atoms with Crippen molar-refractivity contribution >= 4 is 0 Å². The minimum absolute atomic E-state index is 0.637.